The molecule has 1 amide bonds. The Bertz CT molecular complexity index is 707. The van der Waals surface area contributed by atoms with E-state index in [9.17, 15) is 9.18 Å². The molecule has 2 aromatic rings. The maximum atomic E-state index is 13.0. The molecule has 0 saturated carbocycles. The third kappa shape index (κ3) is 4.12. The second-order valence-corrected chi connectivity index (χ2v) is 5.62. The summed E-state index contributed by atoms with van der Waals surface area (Å²) in [6.45, 7) is 3.48. The lowest BCUT2D eigenvalue weighted by Gasteiger charge is -2.16. The lowest BCUT2D eigenvalue weighted by atomic mass is 10.2. The van der Waals surface area contributed by atoms with Gasteiger partial charge in [0.25, 0.3) is 5.91 Å². The van der Waals surface area contributed by atoms with Crippen molar-refractivity contribution >= 4 is 34.8 Å². The van der Waals surface area contributed by atoms with Crippen LogP contribution in [0.5, 0.6) is 5.75 Å². The monoisotopic (exact) mass is 341 g/mol. The van der Waals surface area contributed by atoms with Crippen LogP contribution in [0, 0.1) is 12.7 Å². The lowest BCUT2D eigenvalue weighted by Crippen LogP contribution is -2.30. The number of halogens is 3. The van der Waals surface area contributed by atoms with Crippen molar-refractivity contribution < 1.29 is 13.9 Å². The molecule has 0 fully saturated rings. The maximum Gasteiger partial charge on any atom is 0.265 e. The number of carbonyl (C=O) groups excluding carboxylic acids is 1. The Kier molecular flexibility index (Phi) is 5.27. The van der Waals surface area contributed by atoms with Crippen LogP contribution in [0.25, 0.3) is 0 Å². The number of benzene rings is 2. The first kappa shape index (κ1) is 16.6. The number of aryl methyl sites for hydroxylation is 1. The molecule has 0 aromatic heterocycles. The Morgan fingerprint density at radius 1 is 1.18 bits per heavy atom. The summed E-state index contributed by atoms with van der Waals surface area (Å²) in [7, 11) is 0. The van der Waals surface area contributed by atoms with E-state index in [0.717, 1.165) is 11.6 Å². The van der Waals surface area contributed by atoms with Gasteiger partial charge in [-0.1, -0.05) is 29.3 Å². The Morgan fingerprint density at radius 3 is 2.59 bits per heavy atom. The van der Waals surface area contributed by atoms with Gasteiger partial charge in [0, 0.05) is 0 Å². The first-order valence-corrected chi connectivity index (χ1v) is 7.31. The van der Waals surface area contributed by atoms with E-state index in [2.05, 4.69) is 5.32 Å². The van der Waals surface area contributed by atoms with Gasteiger partial charge >= 0.3 is 0 Å². The Balaban J connectivity index is 2.07. The quantitative estimate of drug-likeness (QED) is 0.863. The second kappa shape index (κ2) is 6.99. The van der Waals surface area contributed by atoms with E-state index < -0.39 is 17.8 Å². The van der Waals surface area contributed by atoms with E-state index in [1.807, 2.05) is 13.0 Å². The SMILES string of the molecule is Cc1ccc(Cl)c(O[C@H](C)C(=O)Nc2ccc(F)cc2Cl)c1. The standard InChI is InChI=1S/C16H14Cl2FNO2/c1-9-3-5-12(17)15(7-9)22-10(2)16(21)20-14-6-4-11(19)8-13(14)18/h3-8,10H,1-2H3,(H,20,21)/t10-/m1/s1. The van der Waals surface area contributed by atoms with Crippen LogP contribution >= 0.6 is 23.2 Å². The average molecular weight is 342 g/mol. The molecule has 1 atom stereocenters. The minimum absolute atomic E-state index is 0.120. The van der Waals surface area contributed by atoms with Gasteiger partial charge in [-0.25, -0.2) is 4.39 Å². The predicted molar refractivity (Wildman–Crippen MR) is 86.3 cm³/mol. The Labute approximate surface area is 138 Å². The molecule has 0 unspecified atom stereocenters. The zero-order valence-corrected chi connectivity index (χ0v) is 13.5. The third-order valence-corrected chi connectivity index (χ3v) is 3.57. The molecule has 0 aliphatic rings. The molecule has 0 aliphatic heterocycles. The highest BCUT2D eigenvalue weighted by atomic mass is 35.5. The molecule has 6 heteroatoms. The minimum Gasteiger partial charge on any atom is -0.479 e. The first-order valence-electron chi connectivity index (χ1n) is 6.55. The van der Waals surface area contributed by atoms with Crippen molar-refractivity contribution in [2.75, 3.05) is 5.32 Å². The zero-order chi connectivity index (χ0) is 16.3. The van der Waals surface area contributed by atoms with Crippen LogP contribution in [0.15, 0.2) is 36.4 Å². The van der Waals surface area contributed by atoms with Crippen LogP contribution in [0.4, 0.5) is 10.1 Å². The van der Waals surface area contributed by atoms with E-state index in [1.54, 1.807) is 19.1 Å². The topological polar surface area (TPSA) is 38.3 Å². The summed E-state index contributed by atoms with van der Waals surface area (Å²) in [5.74, 6) is -0.459. The van der Waals surface area contributed by atoms with Gasteiger partial charge in [0.1, 0.15) is 11.6 Å². The molecule has 116 valence electrons. The highest BCUT2D eigenvalue weighted by molar-refractivity contribution is 6.33. The van der Waals surface area contributed by atoms with E-state index in [4.69, 9.17) is 27.9 Å². The summed E-state index contributed by atoms with van der Waals surface area (Å²) in [4.78, 5) is 12.1. The fraction of sp³-hybridized carbons (Fsp3) is 0.188. The van der Waals surface area contributed by atoms with Gasteiger partial charge in [-0.3, -0.25) is 4.79 Å². The number of carbonyl (C=O) groups is 1. The van der Waals surface area contributed by atoms with Crippen LogP contribution < -0.4 is 10.1 Å². The molecule has 3 nitrogen and oxygen atoms in total. The van der Waals surface area contributed by atoms with Gasteiger partial charge in [0.15, 0.2) is 6.10 Å². The maximum absolute atomic E-state index is 13.0. The predicted octanol–water partition coefficient (Wildman–Crippen LogP) is 4.85. The molecule has 0 radical (unpaired) electrons. The van der Waals surface area contributed by atoms with Crippen molar-refractivity contribution in [3.63, 3.8) is 0 Å². The molecular formula is C16H14Cl2FNO2. The van der Waals surface area contributed by atoms with Crippen molar-refractivity contribution in [3.05, 3.63) is 57.8 Å². The summed E-state index contributed by atoms with van der Waals surface area (Å²) < 4.78 is 18.5. The van der Waals surface area contributed by atoms with E-state index in [-0.39, 0.29) is 5.02 Å². The van der Waals surface area contributed by atoms with Crippen molar-refractivity contribution in [1.29, 1.82) is 0 Å². The van der Waals surface area contributed by atoms with Crippen molar-refractivity contribution in [1.82, 2.24) is 0 Å². The van der Waals surface area contributed by atoms with Gasteiger partial charge in [0.05, 0.1) is 15.7 Å². The highest BCUT2D eigenvalue weighted by Crippen LogP contribution is 2.27. The average Bonchev–Trinajstić information content (AvgIpc) is 2.45. The molecule has 0 heterocycles. The highest BCUT2D eigenvalue weighted by Gasteiger charge is 2.17. The molecule has 0 bridgehead atoms. The third-order valence-electron chi connectivity index (χ3n) is 2.95. The Hall–Kier alpha value is -1.78. The summed E-state index contributed by atoms with van der Waals surface area (Å²) in [5, 5.41) is 3.13. The van der Waals surface area contributed by atoms with Crippen molar-refractivity contribution in [2.45, 2.75) is 20.0 Å². The van der Waals surface area contributed by atoms with Crippen LogP contribution in [-0.4, -0.2) is 12.0 Å². The molecule has 0 aliphatic carbocycles. The van der Waals surface area contributed by atoms with Crippen molar-refractivity contribution in [2.24, 2.45) is 0 Å². The van der Waals surface area contributed by atoms with E-state index in [1.165, 1.54) is 12.1 Å². The fourth-order valence-electron chi connectivity index (χ4n) is 1.77. The normalized spacial score (nSPS) is 11.9. The number of rotatable bonds is 4. The fourth-order valence-corrected chi connectivity index (χ4v) is 2.15. The summed E-state index contributed by atoms with van der Waals surface area (Å²) in [6, 6.07) is 9.02. The number of hydrogen-bond acceptors (Lipinski definition) is 2. The van der Waals surface area contributed by atoms with Gasteiger partial charge in [0.2, 0.25) is 0 Å². The van der Waals surface area contributed by atoms with Crippen LogP contribution in [0.1, 0.15) is 12.5 Å². The number of anilines is 1. The van der Waals surface area contributed by atoms with E-state index in [0.29, 0.717) is 16.5 Å². The van der Waals surface area contributed by atoms with Crippen LogP contribution in [0.3, 0.4) is 0 Å². The van der Waals surface area contributed by atoms with Gasteiger partial charge in [-0.2, -0.15) is 0 Å². The number of nitrogens with one attached hydrogen (secondary N) is 1. The smallest absolute Gasteiger partial charge is 0.265 e. The Morgan fingerprint density at radius 2 is 1.91 bits per heavy atom. The van der Waals surface area contributed by atoms with Gasteiger partial charge < -0.3 is 10.1 Å². The van der Waals surface area contributed by atoms with Gasteiger partial charge in [-0.15, -0.1) is 0 Å². The molecule has 0 spiro atoms. The second-order valence-electron chi connectivity index (χ2n) is 4.81. The molecular weight excluding hydrogens is 328 g/mol. The molecule has 2 rings (SSSR count). The summed E-state index contributed by atoms with van der Waals surface area (Å²) >= 11 is 11.9. The summed E-state index contributed by atoms with van der Waals surface area (Å²) in [6.07, 6.45) is -0.791. The molecule has 0 saturated heterocycles. The number of ether oxygens (including phenoxy) is 1. The molecule has 1 N–H and O–H groups in total. The number of hydrogen-bond donors (Lipinski definition) is 1. The van der Waals surface area contributed by atoms with E-state index >= 15 is 0 Å². The number of amides is 1. The zero-order valence-electron chi connectivity index (χ0n) is 12.0. The molecule has 22 heavy (non-hydrogen) atoms. The van der Waals surface area contributed by atoms with Gasteiger partial charge in [-0.05, 0) is 49.7 Å². The largest absolute Gasteiger partial charge is 0.479 e. The van der Waals surface area contributed by atoms with Crippen LogP contribution in [0.2, 0.25) is 10.0 Å². The lowest BCUT2D eigenvalue weighted by molar-refractivity contribution is -0.122. The minimum atomic E-state index is -0.791. The molecule has 2 aromatic carbocycles. The van der Waals surface area contributed by atoms with Crippen molar-refractivity contribution in [3.8, 4) is 5.75 Å². The van der Waals surface area contributed by atoms with Crippen LogP contribution in [-0.2, 0) is 4.79 Å². The first-order chi connectivity index (χ1) is 10.4. The summed E-state index contributed by atoms with van der Waals surface area (Å²) in [5.41, 5.74) is 1.28.